The second kappa shape index (κ2) is 6.29. The highest BCUT2D eigenvalue weighted by Gasteiger charge is 2.23. The number of pyridine rings is 1. The van der Waals surface area contributed by atoms with E-state index in [0.717, 1.165) is 12.1 Å². The van der Waals surface area contributed by atoms with Crippen molar-refractivity contribution >= 4 is 17.3 Å². The van der Waals surface area contributed by atoms with Crippen LogP contribution < -0.4 is 10.7 Å². The lowest BCUT2D eigenvalue weighted by Crippen LogP contribution is -2.23. The summed E-state index contributed by atoms with van der Waals surface area (Å²) in [4.78, 5) is 26.2. The van der Waals surface area contributed by atoms with Gasteiger partial charge in [-0.1, -0.05) is 16.8 Å². The zero-order valence-corrected chi connectivity index (χ0v) is 14.5. The Morgan fingerprint density at radius 2 is 2.00 bits per heavy atom. The van der Waals surface area contributed by atoms with Gasteiger partial charge < -0.3 is 19.9 Å². The summed E-state index contributed by atoms with van der Waals surface area (Å²) in [5, 5.41) is 45.7. The SMILES string of the molecule is Cc1c(Cl)c(C)n(O)c(=O)c1-c1noc(-c2cc(O)c([O-])c([N+](=O)[O-])c2)n1. The highest BCUT2D eigenvalue weighted by Crippen LogP contribution is 2.37. The van der Waals surface area contributed by atoms with Crippen molar-refractivity contribution in [2.45, 2.75) is 13.8 Å². The molecule has 11 nitrogen and oxygen atoms in total. The largest absolute Gasteiger partial charge is 0.865 e. The molecule has 0 aliphatic heterocycles. The number of phenols is 1. The van der Waals surface area contributed by atoms with E-state index in [1.807, 2.05) is 0 Å². The summed E-state index contributed by atoms with van der Waals surface area (Å²) >= 11 is 6.08. The van der Waals surface area contributed by atoms with Crippen molar-refractivity contribution < 1.29 is 24.9 Å². The van der Waals surface area contributed by atoms with Gasteiger partial charge in [0, 0.05) is 11.8 Å². The topological polar surface area (TPSA) is 168 Å². The van der Waals surface area contributed by atoms with Crippen molar-refractivity contribution in [3.63, 3.8) is 0 Å². The van der Waals surface area contributed by atoms with Crippen LogP contribution in [0.15, 0.2) is 21.5 Å². The molecule has 0 unspecified atom stereocenters. The molecule has 0 radical (unpaired) electrons. The molecular weight excluding hydrogens is 384 g/mol. The molecule has 0 fully saturated rings. The van der Waals surface area contributed by atoms with Gasteiger partial charge in [-0.15, -0.1) is 0 Å². The molecule has 0 saturated carbocycles. The molecule has 2 heterocycles. The number of hydrogen-bond donors (Lipinski definition) is 2. The third kappa shape index (κ3) is 2.83. The summed E-state index contributed by atoms with van der Waals surface area (Å²) in [5.74, 6) is -2.55. The maximum atomic E-state index is 12.3. The Morgan fingerprint density at radius 1 is 1.33 bits per heavy atom. The fourth-order valence-electron chi connectivity index (χ4n) is 2.46. The van der Waals surface area contributed by atoms with E-state index < -0.39 is 27.7 Å². The Labute approximate surface area is 154 Å². The Morgan fingerprint density at radius 3 is 2.63 bits per heavy atom. The van der Waals surface area contributed by atoms with Crippen LogP contribution >= 0.6 is 11.6 Å². The van der Waals surface area contributed by atoms with Crippen LogP contribution in [-0.4, -0.2) is 30.1 Å². The maximum Gasteiger partial charge on any atom is 0.294 e. The lowest BCUT2D eigenvalue weighted by molar-refractivity contribution is -0.398. The van der Waals surface area contributed by atoms with Crippen LogP contribution in [0.25, 0.3) is 22.8 Å². The summed E-state index contributed by atoms with van der Waals surface area (Å²) in [6, 6.07) is 1.78. The minimum atomic E-state index is -1.16. The molecule has 27 heavy (non-hydrogen) atoms. The smallest absolute Gasteiger partial charge is 0.294 e. The molecule has 2 aromatic heterocycles. The Balaban J connectivity index is 2.18. The van der Waals surface area contributed by atoms with Crippen LogP contribution in [0.4, 0.5) is 5.69 Å². The van der Waals surface area contributed by atoms with Gasteiger partial charge in [0.1, 0.15) is 5.75 Å². The van der Waals surface area contributed by atoms with Gasteiger partial charge in [0.05, 0.1) is 26.8 Å². The highest BCUT2D eigenvalue weighted by atomic mass is 35.5. The van der Waals surface area contributed by atoms with Crippen molar-refractivity contribution in [2.75, 3.05) is 0 Å². The molecular formula is C15H10ClN4O7-. The van der Waals surface area contributed by atoms with Crippen LogP contribution in [0, 0.1) is 24.0 Å². The number of nitro groups is 1. The van der Waals surface area contributed by atoms with E-state index in [9.17, 15) is 30.3 Å². The predicted molar refractivity (Wildman–Crippen MR) is 88.9 cm³/mol. The van der Waals surface area contributed by atoms with E-state index in [0.29, 0.717) is 10.3 Å². The third-order valence-corrected chi connectivity index (χ3v) is 4.45. The lowest BCUT2D eigenvalue weighted by Gasteiger charge is -2.10. The first-order valence-corrected chi connectivity index (χ1v) is 7.65. The normalized spacial score (nSPS) is 10.9. The van der Waals surface area contributed by atoms with Crippen molar-refractivity contribution in [1.82, 2.24) is 14.9 Å². The van der Waals surface area contributed by atoms with Crippen molar-refractivity contribution in [1.29, 1.82) is 0 Å². The Hall–Kier alpha value is -3.60. The number of halogens is 1. The minimum absolute atomic E-state index is 0.0993. The van der Waals surface area contributed by atoms with Gasteiger partial charge in [-0.3, -0.25) is 14.9 Å². The molecule has 0 amide bonds. The quantitative estimate of drug-likeness (QED) is 0.382. The van der Waals surface area contributed by atoms with Crippen LogP contribution in [0.2, 0.25) is 5.02 Å². The molecule has 3 rings (SSSR count). The van der Waals surface area contributed by atoms with Gasteiger partial charge in [0.2, 0.25) is 5.82 Å². The average molecular weight is 394 g/mol. The minimum Gasteiger partial charge on any atom is -0.865 e. The molecule has 1 aromatic carbocycles. The number of nitrogens with zero attached hydrogens (tertiary/aromatic N) is 4. The van der Waals surface area contributed by atoms with E-state index in [2.05, 4.69) is 10.1 Å². The summed E-state index contributed by atoms with van der Waals surface area (Å²) in [6.07, 6.45) is 0. The molecule has 140 valence electrons. The van der Waals surface area contributed by atoms with E-state index >= 15 is 0 Å². The number of rotatable bonds is 3. The first-order valence-electron chi connectivity index (χ1n) is 7.27. The third-order valence-electron chi connectivity index (χ3n) is 3.89. The van der Waals surface area contributed by atoms with E-state index in [-0.39, 0.29) is 33.6 Å². The summed E-state index contributed by atoms with van der Waals surface area (Å²) in [7, 11) is 0. The van der Waals surface area contributed by atoms with Gasteiger partial charge in [0.25, 0.3) is 17.1 Å². The Bertz CT molecular complexity index is 1150. The summed E-state index contributed by atoms with van der Waals surface area (Å²) in [5.41, 5.74) is -1.54. The molecule has 0 aliphatic carbocycles. The molecule has 0 saturated heterocycles. The van der Waals surface area contributed by atoms with Gasteiger partial charge in [0.15, 0.2) is 0 Å². The monoisotopic (exact) mass is 393 g/mol. The number of nitro benzene ring substituents is 1. The van der Waals surface area contributed by atoms with Crippen molar-refractivity contribution in [2.24, 2.45) is 0 Å². The molecule has 0 atom stereocenters. The second-order valence-corrected chi connectivity index (χ2v) is 5.92. The number of phenolic OH excluding ortho intramolecular Hbond substituents is 1. The van der Waals surface area contributed by atoms with E-state index in [4.69, 9.17) is 16.1 Å². The van der Waals surface area contributed by atoms with Gasteiger partial charge in [-0.25, -0.2) is 0 Å². The fraction of sp³-hybridized carbons (Fsp3) is 0.133. The second-order valence-electron chi connectivity index (χ2n) is 5.54. The standard InChI is InChI=1S/C15H11ClN4O7/c1-5-10(15(23)19(24)6(2)11(5)16)13-17-14(27-18-13)7-3-8(20(25)26)12(22)9(21)4-7/h3-4,21-22,24H,1-2H3/p-1. The zero-order chi connectivity index (χ0) is 20.0. The lowest BCUT2D eigenvalue weighted by atomic mass is 10.1. The van der Waals surface area contributed by atoms with Crippen LogP contribution in [0.3, 0.4) is 0 Å². The van der Waals surface area contributed by atoms with Gasteiger partial charge in [-0.05, 0) is 25.5 Å². The number of aromatic hydroxyl groups is 1. The molecule has 2 N–H and O–H groups in total. The Kier molecular flexibility index (Phi) is 4.24. The molecule has 0 aliphatic rings. The van der Waals surface area contributed by atoms with E-state index in [1.165, 1.54) is 13.8 Å². The summed E-state index contributed by atoms with van der Waals surface area (Å²) in [6.45, 7) is 2.96. The van der Waals surface area contributed by atoms with Crippen molar-refractivity contribution in [3.8, 4) is 34.3 Å². The first-order chi connectivity index (χ1) is 12.6. The number of hydrogen-bond acceptors (Lipinski definition) is 9. The molecule has 12 heteroatoms. The number of aromatic nitrogens is 3. The fourth-order valence-corrected chi connectivity index (χ4v) is 2.63. The van der Waals surface area contributed by atoms with Crippen LogP contribution in [-0.2, 0) is 0 Å². The van der Waals surface area contributed by atoms with Crippen LogP contribution in [0.5, 0.6) is 11.5 Å². The molecule has 0 bridgehead atoms. The zero-order valence-electron chi connectivity index (χ0n) is 13.8. The average Bonchev–Trinajstić information content (AvgIpc) is 3.10. The van der Waals surface area contributed by atoms with Gasteiger partial charge in [-0.2, -0.15) is 9.71 Å². The molecule has 3 aromatic rings. The number of benzene rings is 1. The summed E-state index contributed by atoms with van der Waals surface area (Å²) < 4.78 is 5.32. The first kappa shape index (κ1) is 18.2. The van der Waals surface area contributed by atoms with E-state index in [1.54, 1.807) is 0 Å². The predicted octanol–water partition coefficient (Wildman–Crippen LogP) is 1.76. The van der Waals surface area contributed by atoms with Crippen molar-refractivity contribution in [3.05, 3.63) is 48.9 Å². The van der Waals surface area contributed by atoms with Crippen LogP contribution in [0.1, 0.15) is 11.3 Å². The van der Waals surface area contributed by atoms with Gasteiger partial charge >= 0.3 is 0 Å². The highest BCUT2D eigenvalue weighted by molar-refractivity contribution is 6.32. The maximum absolute atomic E-state index is 12.3. The molecule has 0 spiro atoms.